The molecule has 0 aliphatic carbocycles. The van der Waals surface area contributed by atoms with Crippen molar-refractivity contribution in [3.8, 4) is 11.3 Å². The van der Waals surface area contributed by atoms with Crippen LogP contribution in [0.1, 0.15) is 26.1 Å². The number of aromatic amines is 1. The van der Waals surface area contributed by atoms with E-state index in [1.807, 2.05) is 30.3 Å². The van der Waals surface area contributed by atoms with Crippen molar-refractivity contribution in [2.45, 2.75) is 26.7 Å². The second-order valence-electron chi connectivity index (χ2n) is 4.97. The van der Waals surface area contributed by atoms with Crippen LogP contribution in [0.5, 0.6) is 0 Å². The Hall–Kier alpha value is -1.42. The lowest BCUT2D eigenvalue weighted by Gasteiger charge is -2.08. The van der Waals surface area contributed by atoms with Gasteiger partial charge in [0.1, 0.15) is 10.3 Å². The van der Waals surface area contributed by atoms with Gasteiger partial charge in [-0.05, 0) is 28.3 Å². The first-order valence-electron chi connectivity index (χ1n) is 6.42. The fraction of sp³-hybridized carbons (Fsp3) is 0.333. The molecule has 1 heterocycles. The minimum atomic E-state index is -0.118. The molecule has 1 N–H and O–H groups in total. The Morgan fingerprint density at radius 1 is 1.26 bits per heavy atom. The molecule has 0 aliphatic rings. The van der Waals surface area contributed by atoms with E-state index in [0.29, 0.717) is 16.1 Å². The molecule has 2 aromatic rings. The number of benzene rings is 1. The van der Waals surface area contributed by atoms with Gasteiger partial charge in [-0.3, -0.25) is 4.79 Å². The van der Waals surface area contributed by atoms with Crippen molar-refractivity contribution in [1.82, 2.24) is 9.97 Å². The van der Waals surface area contributed by atoms with Gasteiger partial charge in [-0.2, -0.15) is 0 Å². The van der Waals surface area contributed by atoms with E-state index in [1.54, 1.807) is 0 Å². The molecule has 0 bridgehead atoms. The maximum Gasteiger partial charge on any atom is 0.265 e. The zero-order chi connectivity index (χ0) is 13.8. The SMILES string of the molecule is CC(C)CCc1nc(-c2ccccc2)c(Br)c(=O)[nH]1. The van der Waals surface area contributed by atoms with Crippen molar-refractivity contribution in [1.29, 1.82) is 0 Å². The maximum absolute atomic E-state index is 11.9. The van der Waals surface area contributed by atoms with Crippen molar-refractivity contribution in [2.24, 2.45) is 5.92 Å². The lowest BCUT2D eigenvalue weighted by molar-refractivity contribution is 0.574. The lowest BCUT2D eigenvalue weighted by atomic mass is 10.1. The standard InChI is InChI=1S/C15H17BrN2O/c1-10(2)8-9-12-17-14(13(16)15(19)18-12)11-6-4-3-5-7-11/h3-7,10H,8-9H2,1-2H3,(H,17,18,19). The third-order valence-electron chi connectivity index (χ3n) is 2.92. The minimum Gasteiger partial charge on any atom is -0.310 e. The summed E-state index contributed by atoms with van der Waals surface area (Å²) in [5, 5.41) is 0. The van der Waals surface area contributed by atoms with Crippen LogP contribution in [0, 0.1) is 5.92 Å². The summed E-state index contributed by atoms with van der Waals surface area (Å²) in [5.41, 5.74) is 1.54. The summed E-state index contributed by atoms with van der Waals surface area (Å²) in [6.45, 7) is 4.32. The van der Waals surface area contributed by atoms with Gasteiger partial charge in [0.2, 0.25) is 0 Å². The number of nitrogens with zero attached hydrogens (tertiary/aromatic N) is 1. The Kier molecular flexibility index (Phi) is 4.53. The van der Waals surface area contributed by atoms with E-state index in [2.05, 4.69) is 39.7 Å². The molecule has 0 radical (unpaired) electrons. The van der Waals surface area contributed by atoms with Crippen LogP contribution >= 0.6 is 15.9 Å². The molecule has 0 saturated heterocycles. The summed E-state index contributed by atoms with van der Waals surface area (Å²) < 4.78 is 0.493. The molecule has 1 aromatic carbocycles. The first-order chi connectivity index (χ1) is 9.08. The zero-order valence-electron chi connectivity index (χ0n) is 11.1. The first-order valence-corrected chi connectivity index (χ1v) is 7.21. The maximum atomic E-state index is 11.9. The molecule has 4 heteroatoms. The number of nitrogens with one attached hydrogen (secondary N) is 1. The number of hydrogen-bond donors (Lipinski definition) is 1. The molecule has 19 heavy (non-hydrogen) atoms. The summed E-state index contributed by atoms with van der Waals surface area (Å²) >= 11 is 3.32. The summed E-state index contributed by atoms with van der Waals surface area (Å²) in [6.07, 6.45) is 1.80. The first kappa shape index (κ1) is 14.0. The van der Waals surface area contributed by atoms with Crippen LogP contribution in [0.25, 0.3) is 11.3 Å². The molecule has 0 spiro atoms. The molecule has 0 amide bonds. The van der Waals surface area contributed by atoms with Crippen LogP contribution in [0.2, 0.25) is 0 Å². The highest BCUT2D eigenvalue weighted by Gasteiger charge is 2.11. The van der Waals surface area contributed by atoms with Gasteiger partial charge in [-0.15, -0.1) is 0 Å². The largest absolute Gasteiger partial charge is 0.310 e. The molecule has 1 aromatic heterocycles. The molecule has 100 valence electrons. The summed E-state index contributed by atoms with van der Waals surface area (Å²) in [6, 6.07) is 9.75. The molecule has 0 atom stereocenters. The smallest absolute Gasteiger partial charge is 0.265 e. The van der Waals surface area contributed by atoms with Crippen molar-refractivity contribution < 1.29 is 0 Å². The molecule has 3 nitrogen and oxygen atoms in total. The second kappa shape index (κ2) is 6.15. The van der Waals surface area contributed by atoms with E-state index in [9.17, 15) is 4.79 Å². The van der Waals surface area contributed by atoms with Gasteiger partial charge in [0.15, 0.2) is 0 Å². The Morgan fingerprint density at radius 2 is 1.95 bits per heavy atom. The number of hydrogen-bond acceptors (Lipinski definition) is 2. The van der Waals surface area contributed by atoms with Crippen LogP contribution in [0.15, 0.2) is 39.6 Å². The molecule has 2 rings (SSSR count). The van der Waals surface area contributed by atoms with Gasteiger partial charge in [-0.1, -0.05) is 44.2 Å². The van der Waals surface area contributed by atoms with Gasteiger partial charge >= 0.3 is 0 Å². The normalized spacial score (nSPS) is 10.9. The van der Waals surface area contributed by atoms with E-state index >= 15 is 0 Å². The molecule has 0 fully saturated rings. The van der Waals surface area contributed by atoms with Crippen molar-refractivity contribution in [3.05, 3.63) is 51.0 Å². The number of aryl methyl sites for hydroxylation is 1. The fourth-order valence-electron chi connectivity index (χ4n) is 1.84. The Morgan fingerprint density at radius 3 is 2.58 bits per heavy atom. The predicted octanol–water partition coefficient (Wildman–Crippen LogP) is 3.79. The quantitative estimate of drug-likeness (QED) is 0.931. The number of halogens is 1. The van der Waals surface area contributed by atoms with Gasteiger partial charge in [0.25, 0.3) is 5.56 Å². The molecule has 0 aliphatic heterocycles. The van der Waals surface area contributed by atoms with Crippen molar-refractivity contribution in [3.63, 3.8) is 0 Å². The second-order valence-corrected chi connectivity index (χ2v) is 5.77. The van der Waals surface area contributed by atoms with E-state index in [4.69, 9.17) is 0 Å². The van der Waals surface area contributed by atoms with Gasteiger partial charge in [0.05, 0.1) is 5.69 Å². The van der Waals surface area contributed by atoms with E-state index < -0.39 is 0 Å². The third kappa shape index (κ3) is 3.53. The molecular formula is C15H17BrN2O. The number of rotatable bonds is 4. The average molecular weight is 321 g/mol. The highest BCUT2D eigenvalue weighted by Crippen LogP contribution is 2.23. The van der Waals surface area contributed by atoms with Gasteiger partial charge in [-0.25, -0.2) is 4.98 Å². The minimum absolute atomic E-state index is 0.118. The Bertz CT molecular complexity index is 605. The van der Waals surface area contributed by atoms with E-state index in [1.165, 1.54) is 0 Å². The van der Waals surface area contributed by atoms with Crippen LogP contribution in [0.3, 0.4) is 0 Å². The van der Waals surface area contributed by atoms with Crippen LogP contribution < -0.4 is 5.56 Å². The van der Waals surface area contributed by atoms with Crippen LogP contribution in [-0.4, -0.2) is 9.97 Å². The molecular weight excluding hydrogens is 304 g/mol. The summed E-state index contributed by atoms with van der Waals surface area (Å²) in [4.78, 5) is 19.3. The Labute approximate surface area is 121 Å². The topological polar surface area (TPSA) is 45.8 Å². The van der Waals surface area contributed by atoms with Gasteiger partial charge < -0.3 is 4.98 Å². The highest BCUT2D eigenvalue weighted by molar-refractivity contribution is 9.10. The number of H-pyrrole nitrogens is 1. The van der Waals surface area contributed by atoms with E-state index in [0.717, 1.165) is 24.2 Å². The number of aromatic nitrogens is 2. The van der Waals surface area contributed by atoms with Crippen molar-refractivity contribution >= 4 is 15.9 Å². The molecule has 0 saturated carbocycles. The average Bonchev–Trinajstić information content (AvgIpc) is 2.41. The van der Waals surface area contributed by atoms with Crippen LogP contribution in [-0.2, 0) is 6.42 Å². The third-order valence-corrected chi connectivity index (χ3v) is 3.65. The molecule has 0 unspecified atom stereocenters. The monoisotopic (exact) mass is 320 g/mol. The van der Waals surface area contributed by atoms with Crippen molar-refractivity contribution in [2.75, 3.05) is 0 Å². The predicted molar refractivity (Wildman–Crippen MR) is 81.2 cm³/mol. The van der Waals surface area contributed by atoms with Gasteiger partial charge in [0, 0.05) is 12.0 Å². The Balaban J connectivity index is 2.41. The fourth-order valence-corrected chi connectivity index (χ4v) is 2.25. The van der Waals surface area contributed by atoms with Crippen LogP contribution in [0.4, 0.5) is 0 Å². The highest BCUT2D eigenvalue weighted by atomic mass is 79.9. The lowest BCUT2D eigenvalue weighted by Crippen LogP contribution is -2.14. The summed E-state index contributed by atoms with van der Waals surface area (Å²) in [7, 11) is 0. The summed E-state index contributed by atoms with van der Waals surface area (Å²) in [5.74, 6) is 1.34. The van der Waals surface area contributed by atoms with E-state index in [-0.39, 0.29) is 5.56 Å². The zero-order valence-corrected chi connectivity index (χ0v) is 12.7.